The van der Waals surface area contributed by atoms with Crippen LogP contribution < -0.4 is 15.4 Å². The normalized spacial score (nSPS) is 26.4. The fourth-order valence-electron chi connectivity index (χ4n) is 4.60. The van der Waals surface area contributed by atoms with Crippen molar-refractivity contribution in [2.75, 3.05) is 6.61 Å². The van der Waals surface area contributed by atoms with Crippen LogP contribution in [0.3, 0.4) is 0 Å². The van der Waals surface area contributed by atoms with Crippen molar-refractivity contribution in [3.63, 3.8) is 0 Å². The van der Waals surface area contributed by atoms with Crippen molar-refractivity contribution in [2.24, 2.45) is 0 Å². The molecule has 1 atom stereocenters. The average molecular weight is 478 g/mol. The number of amides is 2. The zero-order chi connectivity index (χ0) is 22.9. The first-order chi connectivity index (χ1) is 15.2. The quantitative estimate of drug-likeness (QED) is 0.591. The number of hydrogen-bond acceptors (Lipinski definition) is 5. The van der Waals surface area contributed by atoms with Gasteiger partial charge >= 0.3 is 0 Å². The van der Waals surface area contributed by atoms with Gasteiger partial charge in [0, 0.05) is 17.8 Å². The molecule has 1 aromatic carbocycles. The fraction of sp³-hybridized carbons (Fsp3) is 0.435. The number of carbonyl (C=O) groups excluding carboxylic acids is 2. The van der Waals surface area contributed by atoms with Gasteiger partial charge < -0.3 is 20.5 Å². The van der Waals surface area contributed by atoms with Gasteiger partial charge in [0.1, 0.15) is 11.4 Å². The molecular weight excluding hydrogens is 453 g/mol. The molecule has 2 aromatic rings. The standard InChI is InChI=1S/C23H25Cl2N3O4/c1-14-2-5-18(26-12-14)21(31)28-22-6-8-23(9-7-22,19(29)11-22)27-20(30)13-32-15-3-4-16(24)17(25)10-15/h2-5,10,12,19,29H,6-9,11,13H2,1H3,(H,27,30)(H,28,31)/t19-,22?,23?/m0/s1. The Labute approximate surface area is 196 Å². The number of rotatable bonds is 6. The molecule has 0 unspecified atom stereocenters. The lowest BCUT2D eigenvalue weighted by Gasteiger charge is -2.56. The molecule has 0 spiro atoms. The lowest BCUT2D eigenvalue weighted by atomic mass is 9.60. The number of fused-ring (bicyclic) bond motifs is 3. The van der Waals surface area contributed by atoms with E-state index in [9.17, 15) is 14.7 Å². The van der Waals surface area contributed by atoms with Crippen LogP contribution in [0.15, 0.2) is 36.5 Å². The molecule has 32 heavy (non-hydrogen) atoms. The molecular formula is C23H25Cl2N3O4. The first-order valence-electron chi connectivity index (χ1n) is 10.5. The van der Waals surface area contributed by atoms with E-state index in [0.29, 0.717) is 53.6 Å². The Balaban J connectivity index is 1.34. The minimum absolute atomic E-state index is 0.201. The molecule has 3 fully saturated rings. The largest absolute Gasteiger partial charge is 0.484 e. The molecule has 2 bridgehead atoms. The number of aromatic nitrogens is 1. The molecule has 9 heteroatoms. The van der Waals surface area contributed by atoms with Crippen LogP contribution >= 0.6 is 23.2 Å². The number of aryl methyl sites for hydroxylation is 1. The Kier molecular flexibility index (Phi) is 6.34. The third kappa shape index (κ3) is 4.70. The van der Waals surface area contributed by atoms with Crippen LogP contribution in [-0.4, -0.2) is 45.7 Å². The number of aliphatic hydroxyl groups excluding tert-OH is 1. The van der Waals surface area contributed by atoms with E-state index in [-0.39, 0.29) is 18.4 Å². The number of nitrogens with zero attached hydrogens (tertiary/aromatic N) is 1. The van der Waals surface area contributed by atoms with Crippen LogP contribution in [-0.2, 0) is 4.79 Å². The second-order valence-corrected chi connectivity index (χ2v) is 9.56. The summed E-state index contributed by atoms with van der Waals surface area (Å²) in [6.45, 7) is 1.71. The molecule has 3 saturated carbocycles. The number of hydrogen-bond donors (Lipinski definition) is 3. The van der Waals surface area contributed by atoms with Crippen molar-refractivity contribution in [3.8, 4) is 5.75 Å². The van der Waals surface area contributed by atoms with E-state index in [1.165, 1.54) is 0 Å². The second-order valence-electron chi connectivity index (χ2n) is 8.74. The summed E-state index contributed by atoms with van der Waals surface area (Å²) in [4.78, 5) is 29.4. The SMILES string of the molecule is Cc1ccc(C(=O)NC23CCC(NC(=O)COc4ccc(Cl)c(Cl)c4)(CC2)[C@@H](O)C3)nc1. The molecule has 7 nitrogen and oxygen atoms in total. The Bertz CT molecular complexity index is 1020. The topological polar surface area (TPSA) is 101 Å². The predicted octanol–water partition coefficient (Wildman–Crippen LogP) is 3.44. The van der Waals surface area contributed by atoms with Crippen molar-refractivity contribution >= 4 is 35.0 Å². The zero-order valence-electron chi connectivity index (χ0n) is 17.7. The van der Waals surface area contributed by atoms with E-state index in [4.69, 9.17) is 27.9 Å². The molecule has 1 heterocycles. The second kappa shape index (κ2) is 8.89. The Morgan fingerprint density at radius 2 is 1.88 bits per heavy atom. The van der Waals surface area contributed by atoms with Gasteiger partial charge in [0.05, 0.1) is 21.7 Å². The van der Waals surface area contributed by atoms with Gasteiger partial charge in [-0.05, 0) is 62.8 Å². The Morgan fingerprint density at radius 3 is 2.50 bits per heavy atom. The Morgan fingerprint density at radius 1 is 1.12 bits per heavy atom. The van der Waals surface area contributed by atoms with E-state index in [2.05, 4.69) is 15.6 Å². The van der Waals surface area contributed by atoms with Gasteiger partial charge in [-0.25, -0.2) is 0 Å². The number of aliphatic hydroxyl groups is 1. The van der Waals surface area contributed by atoms with Crippen LogP contribution in [0.5, 0.6) is 5.75 Å². The number of halogens is 2. The maximum atomic E-state index is 12.7. The maximum Gasteiger partial charge on any atom is 0.270 e. The number of nitrogens with one attached hydrogen (secondary N) is 2. The van der Waals surface area contributed by atoms with Crippen molar-refractivity contribution in [3.05, 3.63) is 57.8 Å². The zero-order valence-corrected chi connectivity index (χ0v) is 19.2. The molecule has 0 aliphatic heterocycles. The van der Waals surface area contributed by atoms with E-state index >= 15 is 0 Å². The van der Waals surface area contributed by atoms with E-state index < -0.39 is 17.2 Å². The first-order valence-corrected chi connectivity index (χ1v) is 11.3. The van der Waals surface area contributed by atoms with Crippen LogP contribution in [0.1, 0.15) is 48.2 Å². The van der Waals surface area contributed by atoms with Gasteiger partial charge in [0.15, 0.2) is 6.61 Å². The molecule has 3 aliphatic carbocycles. The summed E-state index contributed by atoms with van der Waals surface area (Å²) in [6, 6.07) is 8.32. The maximum absolute atomic E-state index is 12.7. The number of pyridine rings is 1. The molecule has 0 saturated heterocycles. The summed E-state index contributed by atoms with van der Waals surface area (Å²) < 4.78 is 5.51. The summed E-state index contributed by atoms with van der Waals surface area (Å²) >= 11 is 11.9. The average Bonchev–Trinajstić information content (AvgIpc) is 2.76. The molecule has 5 rings (SSSR count). The summed E-state index contributed by atoms with van der Waals surface area (Å²) in [5, 5.41) is 17.7. The van der Waals surface area contributed by atoms with Crippen molar-refractivity contribution in [1.29, 1.82) is 0 Å². The smallest absolute Gasteiger partial charge is 0.270 e. The van der Waals surface area contributed by atoms with E-state index in [1.807, 2.05) is 13.0 Å². The lowest BCUT2D eigenvalue weighted by Crippen LogP contribution is -2.70. The molecule has 1 aromatic heterocycles. The summed E-state index contributed by atoms with van der Waals surface area (Å²) in [7, 11) is 0. The van der Waals surface area contributed by atoms with Crippen molar-refractivity contribution in [2.45, 2.75) is 56.2 Å². The minimum Gasteiger partial charge on any atom is -0.484 e. The van der Waals surface area contributed by atoms with Gasteiger partial charge in [0.25, 0.3) is 11.8 Å². The highest BCUT2D eigenvalue weighted by molar-refractivity contribution is 6.42. The number of benzene rings is 1. The van der Waals surface area contributed by atoms with Gasteiger partial charge in [0.2, 0.25) is 0 Å². The fourth-order valence-corrected chi connectivity index (χ4v) is 4.89. The molecule has 3 N–H and O–H groups in total. The van der Waals surface area contributed by atoms with E-state index in [0.717, 1.165) is 5.56 Å². The number of carbonyl (C=O) groups is 2. The number of ether oxygens (including phenoxy) is 1. The lowest BCUT2D eigenvalue weighted by molar-refractivity contribution is -0.132. The van der Waals surface area contributed by atoms with Crippen molar-refractivity contribution < 1.29 is 19.4 Å². The van der Waals surface area contributed by atoms with Crippen molar-refractivity contribution in [1.82, 2.24) is 15.6 Å². The molecule has 170 valence electrons. The van der Waals surface area contributed by atoms with Crippen LogP contribution in [0.4, 0.5) is 0 Å². The molecule has 3 aliphatic rings. The van der Waals surface area contributed by atoms with Gasteiger partial charge in [-0.2, -0.15) is 0 Å². The van der Waals surface area contributed by atoms with Crippen LogP contribution in [0, 0.1) is 6.92 Å². The van der Waals surface area contributed by atoms with Crippen LogP contribution in [0.2, 0.25) is 10.0 Å². The highest BCUT2D eigenvalue weighted by atomic mass is 35.5. The van der Waals surface area contributed by atoms with E-state index in [1.54, 1.807) is 30.5 Å². The first kappa shape index (κ1) is 22.8. The summed E-state index contributed by atoms with van der Waals surface area (Å²) in [6.07, 6.45) is 3.71. The monoisotopic (exact) mass is 477 g/mol. The van der Waals surface area contributed by atoms with Gasteiger partial charge in [-0.1, -0.05) is 29.3 Å². The highest BCUT2D eigenvalue weighted by Gasteiger charge is 2.55. The minimum atomic E-state index is -0.773. The highest BCUT2D eigenvalue weighted by Crippen LogP contribution is 2.47. The van der Waals surface area contributed by atoms with Gasteiger partial charge in [-0.15, -0.1) is 0 Å². The summed E-state index contributed by atoms with van der Waals surface area (Å²) in [5.74, 6) is -0.130. The van der Waals surface area contributed by atoms with Crippen LogP contribution in [0.25, 0.3) is 0 Å². The molecule has 0 radical (unpaired) electrons. The predicted molar refractivity (Wildman–Crippen MR) is 121 cm³/mol. The summed E-state index contributed by atoms with van der Waals surface area (Å²) in [5.41, 5.74) is 0.127. The third-order valence-electron chi connectivity index (χ3n) is 6.49. The third-order valence-corrected chi connectivity index (χ3v) is 7.23. The Hall–Kier alpha value is -2.35. The van der Waals surface area contributed by atoms with Gasteiger partial charge in [-0.3, -0.25) is 14.6 Å². The molecule has 2 amide bonds.